The molecule has 2 aromatic rings. The third-order valence-corrected chi connectivity index (χ3v) is 6.08. The summed E-state index contributed by atoms with van der Waals surface area (Å²) in [6.07, 6.45) is 0.331. The molecule has 0 aromatic heterocycles. The second-order valence-electron chi connectivity index (χ2n) is 7.07. The summed E-state index contributed by atoms with van der Waals surface area (Å²) in [5, 5.41) is 2.81. The average Bonchev–Trinajstić information content (AvgIpc) is 2.54. The molecule has 6 heteroatoms. The fraction of sp³-hybridized carbons (Fsp3) is 0.316. The normalized spacial score (nSPS) is 17.5. The molecule has 1 aliphatic heterocycles. The van der Waals surface area contributed by atoms with Gasteiger partial charge >= 0.3 is 0 Å². The lowest BCUT2D eigenvalue weighted by Gasteiger charge is -2.32. The van der Waals surface area contributed by atoms with Crippen LogP contribution < -0.4 is 10.0 Å². The van der Waals surface area contributed by atoms with Crippen molar-refractivity contribution in [1.29, 1.82) is 0 Å². The molecule has 0 fully saturated rings. The quantitative estimate of drug-likeness (QED) is 0.880. The summed E-state index contributed by atoms with van der Waals surface area (Å²) >= 11 is 0. The van der Waals surface area contributed by atoms with E-state index >= 15 is 0 Å². The van der Waals surface area contributed by atoms with E-state index in [1.807, 2.05) is 51.1 Å². The van der Waals surface area contributed by atoms with Gasteiger partial charge in [0, 0.05) is 23.6 Å². The van der Waals surface area contributed by atoms with Crippen LogP contribution in [0.5, 0.6) is 0 Å². The molecule has 0 spiro atoms. The minimum Gasteiger partial charge on any atom is -0.326 e. The van der Waals surface area contributed by atoms with Gasteiger partial charge in [0.1, 0.15) is 0 Å². The number of carbonyl (C=O) groups excluding carboxylic acids is 1. The number of sulfonamides is 1. The number of fused-ring (bicyclic) bond motifs is 1. The summed E-state index contributed by atoms with van der Waals surface area (Å²) in [5.41, 5.74) is 2.00. The van der Waals surface area contributed by atoms with Crippen LogP contribution >= 0.6 is 0 Å². The number of anilines is 1. The molecule has 1 aliphatic rings. The predicted octanol–water partition coefficient (Wildman–Crippen LogP) is 3.35. The highest BCUT2D eigenvalue weighted by Gasteiger charge is 2.33. The number of benzene rings is 2. The van der Waals surface area contributed by atoms with E-state index in [-0.39, 0.29) is 16.8 Å². The van der Waals surface area contributed by atoms with Gasteiger partial charge < -0.3 is 5.32 Å². The third-order valence-electron chi connectivity index (χ3n) is 4.54. The lowest BCUT2D eigenvalue weighted by atomic mass is 9.78. The smallest absolute Gasteiger partial charge is 0.241 e. The van der Waals surface area contributed by atoms with E-state index in [0.717, 1.165) is 11.1 Å². The molecule has 2 aromatic carbocycles. The highest BCUT2D eigenvalue weighted by Crippen LogP contribution is 2.38. The van der Waals surface area contributed by atoms with Crippen LogP contribution in [0.15, 0.2) is 53.4 Å². The zero-order chi connectivity index (χ0) is 18.2. The van der Waals surface area contributed by atoms with E-state index in [4.69, 9.17) is 0 Å². The first kappa shape index (κ1) is 17.6. The molecule has 0 saturated heterocycles. The Morgan fingerprint density at radius 3 is 2.48 bits per heavy atom. The van der Waals surface area contributed by atoms with E-state index < -0.39 is 15.4 Å². The van der Waals surface area contributed by atoms with E-state index in [9.17, 15) is 13.2 Å². The highest BCUT2D eigenvalue weighted by atomic mass is 32.2. The summed E-state index contributed by atoms with van der Waals surface area (Å²) in [6, 6.07) is 13.9. The van der Waals surface area contributed by atoms with E-state index in [0.29, 0.717) is 12.1 Å². The van der Waals surface area contributed by atoms with Crippen LogP contribution in [0.2, 0.25) is 0 Å². The fourth-order valence-electron chi connectivity index (χ4n) is 3.16. The number of nitrogens with one attached hydrogen (secondary N) is 2. The summed E-state index contributed by atoms with van der Waals surface area (Å²) in [7, 11) is -3.67. The van der Waals surface area contributed by atoms with Crippen molar-refractivity contribution < 1.29 is 13.2 Å². The van der Waals surface area contributed by atoms with Crippen LogP contribution in [0.1, 0.15) is 44.4 Å². The number of rotatable bonds is 4. The van der Waals surface area contributed by atoms with Crippen molar-refractivity contribution in [2.24, 2.45) is 0 Å². The monoisotopic (exact) mass is 358 g/mol. The first-order chi connectivity index (χ1) is 11.7. The molecule has 1 heterocycles. The van der Waals surface area contributed by atoms with Crippen molar-refractivity contribution in [1.82, 2.24) is 4.72 Å². The molecule has 0 radical (unpaired) electrons. The Kier molecular flexibility index (Phi) is 4.43. The second-order valence-corrected chi connectivity index (χ2v) is 8.78. The summed E-state index contributed by atoms with van der Waals surface area (Å²) in [6.45, 7) is 5.71. The van der Waals surface area contributed by atoms with Gasteiger partial charge in [-0.05, 0) is 36.2 Å². The molecule has 5 nitrogen and oxygen atoms in total. The summed E-state index contributed by atoms with van der Waals surface area (Å²) < 4.78 is 28.3. The molecule has 1 amide bonds. The van der Waals surface area contributed by atoms with Gasteiger partial charge in [-0.1, -0.05) is 44.2 Å². The van der Waals surface area contributed by atoms with Gasteiger partial charge in [0.25, 0.3) is 0 Å². The number of amides is 1. The number of hydrogen-bond acceptors (Lipinski definition) is 3. The van der Waals surface area contributed by atoms with Gasteiger partial charge in [-0.3, -0.25) is 4.79 Å². The van der Waals surface area contributed by atoms with Gasteiger partial charge in [-0.2, -0.15) is 0 Å². The highest BCUT2D eigenvalue weighted by molar-refractivity contribution is 7.89. The maximum Gasteiger partial charge on any atom is 0.241 e. The van der Waals surface area contributed by atoms with Crippen molar-refractivity contribution in [2.45, 2.75) is 43.5 Å². The van der Waals surface area contributed by atoms with Crippen molar-refractivity contribution in [3.8, 4) is 0 Å². The Morgan fingerprint density at radius 1 is 1.12 bits per heavy atom. The van der Waals surface area contributed by atoms with Crippen LogP contribution in [-0.4, -0.2) is 14.3 Å². The minimum atomic E-state index is -3.67. The third kappa shape index (κ3) is 3.60. The lowest BCUT2D eigenvalue weighted by Crippen LogP contribution is -2.33. The van der Waals surface area contributed by atoms with Gasteiger partial charge in [0.2, 0.25) is 15.9 Å². The van der Waals surface area contributed by atoms with Gasteiger partial charge in [-0.25, -0.2) is 13.1 Å². The Balaban J connectivity index is 1.92. The molecular weight excluding hydrogens is 336 g/mol. The zero-order valence-electron chi connectivity index (χ0n) is 14.5. The molecule has 0 bridgehead atoms. The van der Waals surface area contributed by atoms with Crippen molar-refractivity contribution >= 4 is 21.6 Å². The fourth-order valence-corrected chi connectivity index (χ4v) is 4.42. The Morgan fingerprint density at radius 2 is 1.80 bits per heavy atom. The molecule has 1 unspecified atom stereocenters. The first-order valence-electron chi connectivity index (χ1n) is 8.21. The van der Waals surface area contributed by atoms with Crippen LogP contribution in [0.4, 0.5) is 5.69 Å². The Bertz CT molecular complexity index is 906. The van der Waals surface area contributed by atoms with Gasteiger partial charge in [0.15, 0.2) is 0 Å². The summed E-state index contributed by atoms with van der Waals surface area (Å²) in [5.74, 6) is -0.0519. The standard InChI is InChI=1S/C19H22N2O3S/c1-13(14-7-5-4-6-8-14)21-25(23,24)15-9-10-17-16(11-15)19(2,3)12-18(22)20-17/h4-11,13,21H,12H2,1-3H3,(H,20,22). The second kappa shape index (κ2) is 6.28. The molecule has 0 saturated carbocycles. The van der Waals surface area contributed by atoms with E-state index in [2.05, 4.69) is 10.0 Å². The molecule has 25 heavy (non-hydrogen) atoms. The average molecular weight is 358 g/mol. The molecular formula is C19H22N2O3S. The molecule has 0 aliphatic carbocycles. The maximum atomic E-state index is 12.8. The van der Waals surface area contributed by atoms with Crippen LogP contribution in [0.3, 0.4) is 0 Å². The van der Waals surface area contributed by atoms with E-state index in [1.165, 1.54) is 6.07 Å². The Hall–Kier alpha value is -2.18. The largest absolute Gasteiger partial charge is 0.326 e. The van der Waals surface area contributed by atoms with E-state index in [1.54, 1.807) is 12.1 Å². The van der Waals surface area contributed by atoms with Crippen LogP contribution in [-0.2, 0) is 20.2 Å². The number of carbonyl (C=O) groups is 1. The lowest BCUT2D eigenvalue weighted by molar-refractivity contribution is -0.117. The Labute approximate surface area is 148 Å². The molecule has 3 rings (SSSR count). The zero-order valence-corrected chi connectivity index (χ0v) is 15.4. The van der Waals surface area contributed by atoms with Crippen molar-refractivity contribution in [3.63, 3.8) is 0 Å². The van der Waals surface area contributed by atoms with Crippen LogP contribution in [0, 0.1) is 0 Å². The van der Waals surface area contributed by atoms with Crippen molar-refractivity contribution in [2.75, 3.05) is 5.32 Å². The number of hydrogen-bond donors (Lipinski definition) is 2. The minimum absolute atomic E-state index is 0.0519. The molecule has 1 atom stereocenters. The predicted molar refractivity (Wildman–Crippen MR) is 97.9 cm³/mol. The molecule has 2 N–H and O–H groups in total. The summed E-state index contributed by atoms with van der Waals surface area (Å²) in [4.78, 5) is 12.0. The topological polar surface area (TPSA) is 75.3 Å². The first-order valence-corrected chi connectivity index (χ1v) is 9.69. The SMILES string of the molecule is CC(NS(=O)(=O)c1ccc2c(c1)C(C)(C)CC(=O)N2)c1ccccc1. The van der Waals surface area contributed by atoms with Crippen LogP contribution in [0.25, 0.3) is 0 Å². The maximum absolute atomic E-state index is 12.8. The van der Waals surface area contributed by atoms with Crippen molar-refractivity contribution in [3.05, 3.63) is 59.7 Å². The molecule has 132 valence electrons. The van der Waals surface area contributed by atoms with Gasteiger partial charge in [0.05, 0.1) is 4.90 Å². The van der Waals surface area contributed by atoms with Gasteiger partial charge in [-0.15, -0.1) is 0 Å².